The van der Waals surface area contributed by atoms with Crippen LogP contribution in [0.25, 0.3) is 0 Å². The molecule has 0 N–H and O–H groups in total. The van der Waals surface area contributed by atoms with Crippen LogP contribution in [0, 0.1) is 5.92 Å². The van der Waals surface area contributed by atoms with E-state index >= 15 is 0 Å². The molecule has 0 aromatic rings. The van der Waals surface area contributed by atoms with Gasteiger partial charge in [-0.1, -0.05) is 6.92 Å². The lowest BCUT2D eigenvalue weighted by Crippen LogP contribution is -2.32. The molecule has 0 fully saturated rings. The third-order valence-corrected chi connectivity index (χ3v) is 3.24. The van der Waals surface area contributed by atoms with Crippen LogP contribution in [0.15, 0.2) is 0 Å². The third-order valence-electron chi connectivity index (χ3n) is 3.24. The van der Waals surface area contributed by atoms with Gasteiger partial charge in [0.1, 0.15) is 0 Å². The zero-order valence-corrected chi connectivity index (χ0v) is 12.9. The quantitative estimate of drug-likeness (QED) is 0.595. The van der Waals surface area contributed by atoms with E-state index in [1.165, 1.54) is 7.11 Å². The van der Waals surface area contributed by atoms with Crippen molar-refractivity contribution in [2.45, 2.75) is 33.6 Å². The summed E-state index contributed by atoms with van der Waals surface area (Å²) in [6, 6.07) is 0. The van der Waals surface area contributed by atoms with Crippen LogP contribution < -0.4 is 0 Å². The SMILES string of the molecule is CCN(CC)C(=O)CCCN(C)CC(C)C(=O)OC. The average molecular weight is 272 g/mol. The summed E-state index contributed by atoms with van der Waals surface area (Å²) in [6.07, 6.45) is 1.39. The van der Waals surface area contributed by atoms with Gasteiger partial charge in [-0.15, -0.1) is 0 Å². The van der Waals surface area contributed by atoms with Crippen molar-refractivity contribution >= 4 is 11.9 Å². The molecule has 0 rings (SSSR count). The first-order chi connectivity index (χ1) is 8.96. The van der Waals surface area contributed by atoms with Crippen molar-refractivity contribution in [2.75, 3.05) is 40.3 Å². The van der Waals surface area contributed by atoms with E-state index in [1.807, 2.05) is 32.7 Å². The van der Waals surface area contributed by atoms with E-state index in [9.17, 15) is 9.59 Å². The monoisotopic (exact) mass is 272 g/mol. The van der Waals surface area contributed by atoms with Crippen LogP contribution in [0.5, 0.6) is 0 Å². The van der Waals surface area contributed by atoms with Gasteiger partial charge >= 0.3 is 5.97 Å². The molecule has 0 bridgehead atoms. The second-order valence-corrected chi connectivity index (χ2v) is 4.86. The molecule has 0 spiro atoms. The Morgan fingerprint density at radius 3 is 2.26 bits per heavy atom. The topological polar surface area (TPSA) is 49.9 Å². The molecule has 1 amide bonds. The molecule has 0 aliphatic heterocycles. The zero-order chi connectivity index (χ0) is 14.8. The summed E-state index contributed by atoms with van der Waals surface area (Å²) in [5, 5.41) is 0. The van der Waals surface area contributed by atoms with E-state index < -0.39 is 0 Å². The first kappa shape index (κ1) is 17.9. The lowest BCUT2D eigenvalue weighted by Gasteiger charge is -2.21. The first-order valence-electron chi connectivity index (χ1n) is 7.00. The molecule has 0 aliphatic carbocycles. The normalized spacial score (nSPS) is 12.3. The predicted molar refractivity (Wildman–Crippen MR) is 75.8 cm³/mol. The molecule has 112 valence electrons. The Morgan fingerprint density at radius 1 is 1.21 bits per heavy atom. The Morgan fingerprint density at radius 2 is 1.79 bits per heavy atom. The number of hydrogen-bond donors (Lipinski definition) is 0. The molecular formula is C14H28N2O3. The van der Waals surface area contributed by atoms with Crippen molar-refractivity contribution in [3.63, 3.8) is 0 Å². The van der Waals surface area contributed by atoms with E-state index in [-0.39, 0.29) is 17.8 Å². The second-order valence-electron chi connectivity index (χ2n) is 4.86. The number of nitrogens with zero attached hydrogens (tertiary/aromatic N) is 2. The minimum atomic E-state index is -0.189. The molecule has 0 aromatic heterocycles. The van der Waals surface area contributed by atoms with E-state index in [2.05, 4.69) is 9.64 Å². The summed E-state index contributed by atoms with van der Waals surface area (Å²) >= 11 is 0. The molecule has 1 unspecified atom stereocenters. The molecule has 1 atom stereocenters. The fourth-order valence-corrected chi connectivity index (χ4v) is 2.07. The molecule has 0 radical (unpaired) electrons. The maximum atomic E-state index is 11.8. The minimum absolute atomic E-state index is 0.131. The van der Waals surface area contributed by atoms with Gasteiger partial charge in [0.05, 0.1) is 13.0 Å². The molecule has 19 heavy (non-hydrogen) atoms. The fourth-order valence-electron chi connectivity index (χ4n) is 2.07. The third kappa shape index (κ3) is 7.15. The van der Waals surface area contributed by atoms with Crippen LogP contribution in [0.2, 0.25) is 0 Å². The van der Waals surface area contributed by atoms with Gasteiger partial charge < -0.3 is 14.5 Å². The van der Waals surface area contributed by atoms with Crippen molar-refractivity contribution in [1.29, 1.82) is 0 Å². The maximum absolute atomic E-state index is 11.8. The van der Waals surface area contributed by atoms with Crippen molar-refractivity contribution in [1.82, 2.24) is 9.80 Å². The van der Waals surface area contributed by atoms with Crippen LogP contribution in [-0.2, 0) is 14.3 Å². The predicted octanol–water partition coefficient (Wildman–Crippen LogP) is 1.38. The summed E-state index contributed by atoms with van der Waals surface area (Å²) in [5.74, 6) is -0.112. The number of amides is 1. The van der Waals surface area contributed by atoms with Gasteiger partial charge in [-0.05, 0) is 33.9 Å². The van der Waals surface area contributed by atoms with Crippen LogP contribution in [0.1, 0.15) is 33.6 Å². The number of esters is 1. The molecular weight excluding hydrogens is 244 g/mol. The van der Waals surface area contributed by atoms with Gasteiger partial charge in [0.25, 0.3) is 0 Å². The molecule has 5 nitrogen and oxygen atoms in total. The van der Waals surface area contributed by atoms with Gasteiger partial charge in [0, 0.05) is 26.1 Å². The summed E-state index contributed by atoms with van der Waals surface area (Å²) in [5.41, 5.74) is 0. The van der Waals surface area contributed by atoms with Crippen LogP contribution >= 0.6 is 0 Å². The summed E-state index contributed by atoms with van der Waals surface area (Å²) < 4.78 is 4.69. The zero-order valence-electron chi connectivity index (χ0n) is 12.9. The van der Waals surface area contributed by atoms with Crippen LogP contribution in [-0.4, -0.2) is 62.0 Å². The highest BCUT2D eigenvalue weighted by molar-refractivity contribution is 5.76. The van der Waals surface area contributed by atoms with E-state index in [1.54, 1.807) is 0 Å². The Balaban J connectivity index is 3.88. The number of carbonyl (C=O) groups is 2. The molecule has 0 saturated carbocycles. The maximum Gasteiger partial charge on any atom is 0.309 e. The fraction of sp³-hybridized carbons (Fsp3) is 0.857. The van der Waals surface area contributed by atoms with Crippen molar-refractivity contribution < 1.29 is 14.3 Å². The Hall–Kier alpha value is -1.10. The van der Waals surface area contributed by atoms with Crippen LogP contribution in [0.3, 0.4) is 0 Å². The Kier molecular flexibility index (Phi) is 9.21. The van der Waals surface area contributed by atoms with Crippen molar-refractivity contribution in [3.8, 4) is 0 Å². The van der Waals surface area contributed by atoms with Gasteiger partial charge in [-0.25, -0.2) is 0 Å². The highest BCUT2D eigenvalue weighted by atomic mass is 16.5. The summed E-state index contributed by atoms with van der Waals surface area (Å²) in [6.45, 7) is 8.84. The number of methoxy groups -OCH3 is 1. The molecule has 5 heteroatoms. The standard InChI is InChI=1S/C14H28N2O3/c1-6-16(7-2)13(17)9-8-10-15(4)11-12(3)14(18)19-5/h12H,6-11H2,1-5H3. The Bertz CT molecular complexity index is 278. The number of rotatable bonds is 9. The minimum Gasteiger partial charge on any atom is -0.469 e. The molecule has 0 aliphatic rings. The highest BCUT2D eigenvalue weighted by Crippen LogP contribution is 2.03. The number of ether oxygens (including phenoxy) is 1. The van der Waals surface area contributed by atoms with E-state index in [4.69, 9.17) is 0 Å². The van der Waals surface area contributed by atoms with Crippen LogP contribution in [0.4, 0.5) is 0 Å². The lowest BCUT2D eigenvalue weighted by atomic mass is 10.1. The van der Waals surface area contributed by atoms with E-state index in [0.717, 1.165) is 26.1 Å². The smallest absolute Gasteiger partial charge is 0.309 e. The highest BCUT2D eigenvalue weighted by Gasteiger charge is 2.15. The van der Waals surface area contributed by atoms with Gasteiger partial charge in [-0.3, -0.25) is 9.59 Å². The summed E-state index contributed by atoms with van der Waals surface area (Å²) in [7, 11) is 3.36. The number of carbonyl (C=O) groups excluding carboxylic acids is 2. The van der Waals surface area contributed by atoms with Gasteiger partial charge in [0.2, 0.25) is 5.91 Å². The van der Waals surface area contributed by atoms with Crippen molar-refractivity contribution in [2.24, 2.45) is 5.92 Å². The lowest BCUT2D eigenvalue weighted by molar-refractivity contribution is -0.145. The number of hydrogen-bond acceptors (Lipinski definition) is 4. The average Bonchev–Trinajstić information content (AvgIpc) is 2.38. The summed E-state index contributed by atoms with van der Waals surface area (Å²) in [4.78, 5) is 27.0. The molecule has 0 saturated heterocycles. The van der Waals surface area contributed by atoms with Gasteiger partial charge in [-0.2, -0.15) is 0 Å². The first-order valence-corrected chi connectivity index (χ1v) is 7.00. The largest absolute Gasteiger partial charge is 0.469 e. The molecule has 0 heterocycles. The Labute approximate surface area is 116 Å². The second kappa shape index (κ2) is 9.78. The molecule has 0 aromatic carbocycles. The van der Waals surface area contributed by atoms with Gasteiger partial charge in [0.15, 0.2) is 0 Å². The van der Waals surface area contributed by atoms with Crippen molar-refractivity contribution in [3.05, 3.63) is 0 Å². The van der Waals surface area contributed by atoms with E-state index in [0.29, 0.717) is 13.0 Å².